The third-order valence-corrected chi connectivity index (χ3v) is 4.97. The maximum Gasteiger partial charge on any atom is 0.274 e. The number of hydrogen-bond donors (Lipinski definition) is 0. The second-order valence-electron chi connectivity index (χ2n) is 6.91. The summed E-state index contributed by atoms with van der Waals surface area (Å²) in [5.74, 6) is -2.03. The Morgan fingerprint density at radius 1 is 1.07 bits per heavy atom. The van der Waals surface area contributed by atoms with Crippen molar-refractivity contribution in [3.8, 4) is 5.69 Å². The SMILES string of the molecule is CN(Cc1ccc(F)cc1F)C(=O)c1nn(-c2ccc(F)cc2)c2c1CCC2. The number of carbonyl (C=O) groups is 1. The van der Waals surface area contributed by atoms with Gasteiger partial charge in [-0.2, -0.15) is 5.10 Å². The van der Waals surface area contributed by atoms with Gasteiger partial charge in [0.2, 0.25) is 0 Å². The Kier molecular flexibility index (Phi) is 4.66. The molecule has 1 aliphatic carbocycles. The number of amides is 1. The first-order valence-electron chi connectivity index (χ1n) is 9.00. The van der Waals surface area contributed by atoms with Gasteiger partial charge in [0.25, 0.3) is 5.91 Å². The third kappa shape index (κ3) is 3.28. The van der Waals surface area contributed by atoms with Crippen molar-refractivity contribution in [2.75, 3.05) is 7.05 Å². The van der Waals surface area contributed by atoms with Gasteiger partial charge >= 0.3 is 0 Å². The van der Waals surface area contributed by atoms with Gasteiger partial charge in [-0.15, -0.1) is 0 Å². The van der Waals surface area contributed by atoms with Crippen LogP contribution >= 0.6 is 0 Å². The number of hydrogen-bond acceptors (Lipinski definition) is 2. The van der Waals surface area contributed by atoms with Crippen LogP contribution in [0.25, 0.3) is 5.69 Å². The normalized spacial score (nSPS) is 12.9. The Hall–Kier alpha value is -3.09. The molecule has 0 spiro atoms. The molecule has 3 aromatic rings. The van der Waals surface area contributed by atoms with Gasteiger partial charge < -0.3 is 4.90 Å². The predicted octanol–water partition coefficient (Wildman–Crippen LogP) is 4.05. The molecule has 2 aromatic carbocycles. The molecule has 0 radical (unpaired) electrons. The second kappa shape index (κ2) is 7.14. The summed E-state index contributed by atoms with van der Waals surface area (Å²) in [6.45, 7) is 0.00310. The fourth-order valence-corrected chi connectivity index (χ4v) is 3.56. The molecule has 7 heteroatoms. The summed E-state index contributed by atoms with van der Waals surface area (Å²) in [6, 6.07) is 9.23. The Bertz CT molecular complexity index is 1040. The maximum absolute atomic E-state index is 13.9. The number of benzene rings is 2. The molecule has 28 heavy (non-hydrogen) atoms. The van der Waals surface area contributed by atoms with E-state index in [-0.39, 0.29) is 23.8 Å². The van der Waals surface area contributed by atoms with E-state index in [1.807, 2.05) is 0 Å². The summed E-state index contributed by atoms with van der Waals surface area (Å²) < 4.78 is 41.9. The van der Waals surface area contributed by atoms with Gasteiger partial charge in [0.05, 0.1) is 5.69 Å². The monoisotopic (exact) mass is 385 g/mol. The van der Waals surface area contributed by atoms with Crippen molar-refractivity contribution in [1.82, 2.24) is 14.7 Å². The van der Waals surface area contributed by atoms with Crippen LogP contribution < -0.4 is 0 Å². The van der Waals surface area contributed by atoms with Gasteiger partial charge in [0.15, 0.2) is 5.69 Å². The van der Waals surface area contributed by atoms with Crippen molar-refractivity contribution in [1.29, 1.82) is 0 Å². The first-order chi connectivity index (χ1) is 13.4. The van der Waals surface area contributed by atoms with E-state index in [1.165, 1.54) is 23.1 Å². The minimum atomic E-state index is -0.693. The summed E-state index contributed by atoms with van der Waals surface area (Å²) in [5, 5.41) is 4.48. The average Bonchev–Trinajstić information content (AvgIpc) is 3.27. The highest BCUT2D eigenvalue weighted by molar-refractivity contribution is 5.94. The number of halogens is 3. The van der Waals surface area contributed by atoms with Crippen LogP contribution in [0.4, 0.5) is 13.2 Å². The van der Waals surface area contributed by atoms with Gasteiger partial charge in [-0.1, -0.05) is 6.07 Å². The predicted molar refractivity (Wildman–Crippen MR) is 97.7 cm³/mol. The Balaban J connectivity index is 1.64. The molecular formula is C21H18F3N3O. The van der Waals surface area contributed by atoms with Gasteiger partial charge in [0, 0.05) is 36.5 Å². The topological polar surface area (TPSA) is 38.1 Å². The molecule has 144 valence electrons. The van der Waals surface area contributed by atoms with Crippen LogP contribution in [-0.2, 0) is 19.4 Å². The molecule has 0 unspecified atom stereocenters. The summed E-state index contributed by atoms with van der Waals surface area (Å²) in [7, 11) is 1.56. The number of aromatic nitrogens is 2. The molecule has 0 bridgehead atoms. The molecule has 0 saturated carbocycles. The van der Waals surface area contributed by atoms with Gasteiger partial charge in [-0.05, 0) is 49.6 Å². The Morgan fingerprint density at radius 2 is 1.79 bits per heavy atom. The quantitative estimate of drug-likeness (QED) is 0.680. The fourth-order valence-electron chi connectivity index (χ4n) is 3.56. The maximum atomic E-state index is 13.9. The second-order valence-corrected chi connectivity index (χ2v) is 6.91. The fraction of sp³-hybridized carbons (Fsp3) is 0.238. The minimum absolute atomic E-state index is 0.00310. The van der Waals surface area contributed by atoms with Crippen molar-refractivity contribution in [2.24, 2.45) is 0 Å². The van der Waals surface area contributed by atoms with Gasteiger partial charge in [-0.3, -0.25) is 4.79 Å². The van der Waals surface area contributed by atoms with Crippen LogP contribution in [-0.4, -0.2) is 27.6 Å². The molecule has 1 aromatic heterocycles. The van der Waals surface area contributed by atoms with Crippen LogP contribution in [0.15, 0.2) is 42.5 Å². The number of nitrogens with zero attached hydrogens (tertiary/aromatic N) is 3. The molecule has 0 aliphatic heterocycles. The highest BCUT2D eigenvalue weighted by Crippen LogP contribution is 2.29. The lowest BCUT2D eigenvalue weighted by Gasteiger charge is -2.17. The lowest BCUT2D eigenvalue weighted by molar-refractivity contribution is 0.0776. The molecular weight excluding hydrogens is 367 g/mol. The summed E-state index contributed by atoms with van der Waals surface area (Å²) in [5.41, 5.74) is 3.05. The van der Waals surface area contributed by atoms with Gasteiger partial charge in [-0.25, -0.2) is 17.9 Å². The Labute approximate surface area is 160 Å². The van der Waals surface area contributed by atoms with Crippen LogP contribution in [0, 0.1) is 17.5 Å². The molecule has 0 N–H and O–H groups in total. The largest absolute Gasteiger partial charge is 0.336 e. The van der Waals surface area contributed by atoms with Crippen molar-refractivity contribution >= 4 is 5.91 Å². The summed E-state index contributed by atoms with van der Waals surface area (Å²) >= 11 is 0. The van der Waals surface area contributed by atoms with Crippen LogP contribution in [0.3, 0.4) is 0 Å². The molecule has 0 atom stereocenters. The number of carbonyl (C=O) groups excluding carboxylic acids is 1. The summed E-state index contributed by atoms with van der Waals surface area (Å²) in [6.07, 6.45) is 2.42. The highest BCUT2D eigenvalue weighted by Gasteiger charge is 2.28. The average molecular weight is 385 g/mol. The minimum Gasteiger partial charge on any atom is -0.336 e. The van der Waals surface area contributed by atoms with Crippen molar-refractivity contribution in [2.45, 2.75) is 25.8 Å². The molecule has 1 heterocycles. The van der Waals surface area contributed by atoms with Crippen molar-refractivity contribution < 1.29 is 18.0 Å². The van der Waals surface area contributed by atoms with Gasteiger partial charge in [0.1, 0.15) is 17.5 Å². The zero-order valence-corrected chi connectivity index (χ0v) is 15.3. The molecule has 1 amide bonds. The molecule has 4 nitrogen and oxygen atoms in total. The first kappa shape index (κ1) is 18.3. The molecule has 1 aliphatic rings. The Morgan fingerprint density at radius 3 is 2.50 bits per heavy atom. The molecule has 4 rings (SSSR count). The van der Waals surface area contributed by atoms with Crippen LogP contribution in [0.2, 0.25) is 0 Å². The summed E-state index contributed by atoms with van der Waals surface area (Å²) in [4.78, 5) is 14.3. The molecule has 0 fully saturated rings. The number of rotatable bonds is 4. The van der Waals surface area contributed by atoms with E-state index < -0.39 is 11.6 Å². The number of fused-ring (bicyclic) bond motifs is 1. The zero-order valence-electron chi connectivity index (χ0n) is 15.3. The van der Waals surface area contributed by atoms with Crippen molar-refractivity contribution in [3.63, 3.8) is 0 Å². The lowest BCUT2D eigenvalue weighted by atomic mass is 10.1. The smallest absolute Gasteiger partial charge is 0.274 e. The standard InChI is InChI=1S/C21H18F3N3O/c1-26(12-13-5-6-15(23)11-18(13)24)21(28)20-17-3-2-4-19(17)27(25-20)16-9-7-14(22)8-10-16/h5-11H,2-4,12H2,1H3. The van der Waals surface area contributed by atoms with E-state index in [9.17, 15) is 18.0 Å². The first-order valence-corrected chi connectivity index (χ1v) is 9.00. The molecule has 0 saturated heterocycles. The van der Waals surface area contributed by atoms with E-state index in [0.717, 1.165) is 42.7 Å². The van der Waals surface area contributed by atoms with Crippen molar-refractivity contribution in [3.05, 3.63) is 82.4 Å². The zero-order chi connectivity index (χ0) is 19.8. The van der Waals surface area contributed by atoms with E-state index in [2.05, 4.69) is 5.10 Å². The van der Waals surface area contributed by atoms with Crippen LogP contribution in [0.1, 0.15) is 33.7 Å². The third-order valence-electron chi connectivity index (χ3n) is 4.97. The van der Waals surface area contributed by atoms with E-state index in [1.54, 1.807) is 23.9 Å². The highest BCUT2D eigenvalue weighted by atomic mass is 19.1. The van der Waals surface area contributed by atoms with E-state index >= 15 is 0 Å². The van der Waals surface area contributed by atoms with E-state index in [4.69, 9.17) is 0 Å². The lowest BCUT2D eigenvalue weighted by Crippen LogP contribution is -2.28. The van der Waals surface area contributed by atoms with E-state index in [0.29, 0.717) is 11.4 Å². The van der Waals surface area contributed by atoms with Crippen LogP contribution in [0.5, 0.6) is 0 Å².